The second-order valence-corrected chi connectivity index (χ2v) is 7.42. The van der Waals surface area contributed by atoms with E-state index in [1.807, 2.05) is 26.8 Å². The number of nitrogens with zero attached hydrogens (tertiary/aromatic N) is 6. The molecule has 1 aliphatic carbocycles. The third-order valence-electron chi connectivity index (χ3n) is 5.23. The molecule has 2 aliphatic rings. The predicted molar refractivity (Wildman–Crippen MR) is 102 cm³/mol. The highest BCUT2D eigenvalue weighted by Crippen LogP contribution is 2.29. The summed E-state index contributed by atoms with van der Waals surface area (Å²) in [4.78, 5) is 25.9. The Morgan fingerprint density at radius 2 is 1.73 bits per heavy atom. The van der Waals surface area contributed by atoms with E-state index < -0.39 is 0 Å². The first-order valence-corrected chi connectivity index (χ1v) is 9.49. The first kappa shape index (κ1) is 17.0. The normalized spacial score (nSPS) is 17.1. The fraction of sp³-hybridized carbons (Fsp3) is 0.579. The summed E-state index contributed by atoms with van der Waals surface area (Å²) in [6.07, 6.45) is 3.35. The van der Waals surface area contributed by atoms with Crippen LogP contribution in [0.4, 0.5) is 11.6 Å². The summed E-state index contributed by atoms with van der Waals surface area (Å²) in [7, 11) is 0. The van der Waals surface area contributed by atoms with Crippen molar-refractivity contribution in [2.24, 2.45) is 0 Å². The number of aryl methyl sites for hydroxylation is 2. The van der Waals surface area contributed by atoms with Gasteiger partial charge < -0.3 is 9.80 Å². The van der Waals surface area contributed by atoms with Crippen molar-refractivity contribution in [3.63, 3.8) is 0 Å². The lowest BCUT2D eigenvalue weighted by Gasteiger charge is -2.37. The molecular formula is C19H26N6O. The van der Waals surface area contributed by atoms with Gasteiger partial charge in [-0.05, 0) is 46.1 Å². The molecule has 2 aromatic rings. The van der Waals surface area contributed by atoms with Gasteiger partial charge in [-0.3, -0.25) is 4.79 Å². The summed E-state index contributed by atoms with van der Waals surface area (Å²) in [6.45, 7) is 9.51. The molecule has 0 N–H and O–H groups in total. The molecule has 0 amide bonds. The van der Waals surface area contributed by atoms with Crippen molar-refractivity contribution < 1.29 is 0 Å². The minimum absolute atomic E-state index is 0.0468. The Morgan fingerprint density at radius 3 is 2.46 bits per heavy atom. The quantitative estimate of drug-likeness (QED) is 0.836. The Morgan fingerprint density at radius 1 is 1.00 bits per heavy atom. The average Bonchev–Trinajstić information content (AvgIpc) is 3.09. The zero-order valence-electron chi connectivity index (χ0n) is 15.8. The van der Waals surface area contributed by atoms with Crippen LogP contribution in [0.25, 0.3) is 0 Å². The Labute approximate surface area is 153 Å². The van der Waals surface area contributed by atoms with Gasteiger partial charge in [-0.1, -0.05) is 0 Å². The minimum atomic E-state index is -0.0468. The van der Waals surface area contributed by atoms with Crippen LogP contribution in [0.3, 0.4) is 0 Å². The Bertz CT molecular complexity index is 867. The van der Waals surface area contributed by atoms with Crippen LogP contribution in [0.5, 0.6) is 0 Å². The van der Waals surface area contributed by atoms with Gasteiger partial charge in [0.1, 0.15) is 17.5 Å². The molecule has 7 heteroatoms. The van der Waals surface area contributed by atoms with E-state index in [0.29, 0.717) is 0 Å². The lowest BCUT2D eigenvalue weighted by atomic mass is 10.2. The summed E-state index contributed by atoms with van der Waals surface area (Å²) in [5.41, 5.74) is 2.53. The third kappa shape index (κ3) is 3.06. The number of fused-ring (bicyclic) bond motifs is 1. The first-order chi connectivity index (χ1) is 12.5. The molecule has 1 saturated heterocycles. The minimum Gasteiger partial charge on any atom is -0.353 e. The van der Waals surface area contributed by atoms with E-state index in [1.165, 1.54) is 17.7 Å². The van der Waals surface area contributed by atoms with Crippen LogP contribution < -0.4 is 15.4 Å². The highest BCUT2D eigenvalue weighted by molar-refractivity contribution is 5.53. The van der Waals surface area contributed by atoms with Crippen LogP contribution in [-0.4, -0.2) is 45.9 Å². The van der Waals surface area contributed by atoms with Gasteiger partial charge in [0.15, 0.2) is 0 Å². The predicted octanol–water partition coefficient (Wildman–Crippen LogP) is 1.74. The fourth-order valence-electron chi connectivity index (χ4n) is 3.90. The van der Waals surface area contributed by atoms with Gasteiger partial charge in [0.05, 0.1) is 6.04 Å². The van der Waals surface area contributed by atoms with Crippen LogP contribution in [-0.2, 0) is 12.8 Å². The molecule has 0 aromatic carbocycles. The van der Waals surface area contributed by atoms with E-state index in [-0.39, 0.29) is 11.6 Å². The van der Waals surface area contributed by atoms with E-state index >= 15 is 0 Å². The number of anilines is 2. The second-order valence-electron chi connectivity index (χ2n) is 7.42. The van der Waals surface area contributed by atoms with Crippen LogP contribution in [0.2, 0.25) is 0 Å². The first-order valence-electron chi connectivity index (χ1n) is 9.49. The maximum Gasteiger partial charge on any atom is 0.267 e. The number of piperazine rings is 1. The van der Waals surface area contributed by atoms with Crippen LogP contribution in [0.1, 0.15) is 43.4 Å². The molecule has 3 heterocycles. The zero-order chi connectivity index (χ0) is 18.3. The van der Waals surface area contributed by atoms with Crippen molar-refractivity contribution in [2.75, 3.05) is 36.0 Å². The molecule has 0 saturated carbocycles. The molecule has 4 rings (SSSR count). The fourth-order valence-corrected chi connectivity index (χ4v) is 3.90. The molecule has 7 nitrogen and oxygen atoms in total. The summed E-state index contributed by atoms with van der Waals surface area (Å²) in [5.74, 6) is 2.88. The van der Waals surface area contributed by atoms with Crippen molar-refractivity contribution in [1.29, 1.82) is 0 Å². The van der Waals surface area contributed by atoms with Crippen molar-refractivity contribution in [2.45, 2.75) is 46.1 Å². The molecule has 0 bridgehead atoms. The molecule has 0 spiro atoms. The van der Waals surface area contributed by atoms with Crippen molar-refractivity contribution in [1.82, 2.24) is 19.7 Å². The molecule has 0 unspecified atom stereocenters. The standard InChI is InChI=1S/C19H26N6O/c1-13(2)25-18(26)8-7-17(22-25)23-9-11-24(12-10-23)19-15-5-4-6-16(15)20-14(3)21-19/h7-8,13H,4-6,9-12H2,1-3H3. The van der Waals surface area contributed by atoms with Gasteiger partial charge in [-0.15, -0.1) is 0 Å². The Hall–Kier alpha value is -2.44. The van der Waals surface area contributed by atoms with Crippen LogP contribution in [0.15, 0.2) is 16.9 Å². The maximum atomic E-state index is 11.9. The number of aromatic nitrogens is 4. The summed E-state index contributed by atoms with van der Waals surface area (Å²) in [6, 6.07) is 3.52. The van der Waals surface area contributed by atoms with Crippen molar-refractivity contribution in [3.05, 3.63) is 39.6 Å². The zero-order valence-corrected chi connectivity index (χ0v) is 15.8. The topological polar surface area (TPSA) is 67.2 Å². The van der Waals surface area contributed by atoms with Crippen LogP contribution >= 0.6 is 0 Å². The molecular weight excluding hydrogens is 328 g/mol. The SMILES string of the molecule is Cc1nc2c(c(N3CCN(c4ccc(=O)n(C(C)C)n4)CC3)n1)CCC2. The largest absolute Gasteiger partial charge is 0.353 e. The van der Waals surface area contributed by atoms with Crippen molar-refractivity contribution in [3.8, 4) is 0 Å². The monoisotopic (exact) mass is 354 g/mol. The molecule has 1 fully saturated rings. The lowest BCUT2D eigenvalue weighted by molar-refractivity contribution is 0.497. The molecule has 26 heavy (non-hydrogen) atoms. The van der Waals surface area contributed by atoms with E-state index in [0.717, 1.165) is 56.5 Å². The van der Waals surface area contributed by atoms with Gasteiger partial charge in [0.2, 0.25) is 0 Å². The third-order valence-corrected chi connectivity index (χ3v) is 5.23. The smallest absolute Gasteiger partial charge is 0.267 e. The number of hydrogen-bond acceptors (Lipinski definition) is 6. The summed E-state index contributed by atoms with van der Waals surface area (Å²) >= 11 is 0. The van der Waals surface area contributed by atoms with E-state index in [1.54, 1.807) is 10.7 Å². The molecule has 138 valence electrons. The summed E-state index contributed by atoms with van der Waals surface area (Å²) in [5, 5.41) is 4.55. The van der Waals surface area contributed by atoms with E-state index in [4.69, 9.17) is 4.98 Å². The molecule has 1 aliphatic heterocycles. The molecule has 0 radical (unpaired) electrons. The van der Waals surface area contributed by atoms with E-state index in [2.05, 4.69) is 19.9 Å². The lowest BCUT2D eigenvalue weighted by Crippen LogP contribution is -2.48. The Kier molecular flexibility index (Phi) is 4.38. The number of rotatable bonds is 3. The molecule has 0 atom stereocenters. The van der Waals surface area contributed by atoms with Gasteiger partial charge in [-0.25, -0.2) is 14.6 Å². The average molecular weight is 354 g/mol. The maximum absolute atomic E-state index is 11.9. The van der Waals surface area contributed by atoms with Gasteiger partial charge in [-0.2, -0.15) is 5.10 Å². The van der Waals surface area contributed by atoms with Gasteiger partial charge in [0, 0.05) is 43.5 Å². The second kappa shape index (κ2) is 6.70. The highest BCUT2D eigenvalue weighted by Gasteiger charge is 2.25. The summed E-state index contributed by atoms with van der Waals surface area (Å²) < 4.78 is 1.56. The van der Waals surface area contributed by atoms with Gasteiger partial charge >= 0.3 is 0 Å². The van der Waals surface area contributed by atoms with Crippen LogP contribution in [0, 0.1) is 6.92 Å². The number of hydrogen-bond donors (Lipinski definition) is 0. The Balaban J connectivity index is 1.52. The van der Waals surface area contributed by atoms with Crippen molar-refractivity contribution >= 4 is 11.6 Å². The van der Waals surface area contributed by atoms with Gasteiger partial charge in [0.25, 0.3) is 5.56 Å². The molecule has 2 aromatic heterocycles. The van der Waals surface area contributed by atoms with E-state index in [9.17, 15) is 4.79 Å². The highest BCUT2D eigenvalue weighted by atomic mass is 16.1.